The zero-order valence-corrected chi connectivity index (χ0v) is 22.1. The fourth-order valence-corrected chi connectivity index (χ4v) is 6.46. The maximum atomic E-state index is 14.2. The van der Waals surface area contributed by atoms with Crippen LogP contribution in [0.5, 0.6) is 0 Å². The lowest BCUT2D eigenvalue weighted by Crippen LogP contribution is -2.39. The molecule has 1 unspecified atom stereocenters. The molecule has 0 aliphatic heterocycles. The quantitative estimate of drug-likeness (QED) is 0.334. The van der Waals surface area contributed by atoms with Gasteiger partial charge in [0, 0.05) is 12.8 Å². The van der Waals surface area contributed by atoms with Crippen molar-refractivity contribution in [1.82, 2.24) is 0 Å². The number of hydrogen-bond acceptors (Lipinski definition) is 2. The van der Waals surface area contributed by atoms with Crippen LogP contribution in [0.25, 0.3) is 0 Å². The number of alkyl halides is 1. The van der Waals surface area contributed by atoms with Gasteiger partial charge in [0.15, 0.2) is 0 Å². The minimum Gasteiger partial charge on any atom is -0.393 e. The van der Waals surface area contributed by atoms with Gasteiger partial charge in [-0.3, -0.25) is 0 Å². The Morgan fingerprint density at radius 1 is 1.24 bits per heavy atom. The van der Waals surface area contributed by atoms with Gasteiger partial charge in [0.2, 0.25) is 0 Å². The average molecular weight is 469 g/mol. The first-order valence-electron chi connectivity index (χ1n) is 13.2. The number of allylic oxidation sites excluding steroid dienone is 6. The van der Waals surface area contributed by atoms with Gasteiger partial charge in [-0.2, -0.15) is 0 Å². The maximum absolute atomic E-state index is 14.2. The molecular formula is C31H45FO2. The number of halogens is 1. The molecule has 3 rings (SSSR count). The van der Waals surface area contributed by atoms with Crippen LogP contribution in [0.15, 0.2) is 47.1 Å². The monoisotopic (exact) mass is 468 g/mol. The molecule has 188 valence electrons. The molecule has 0 aromatic carbocycles. The van der Waals surface area contributed by atoms with E-state index in [9.17, 15) is 14.6 Å². The lowest BCUT2D eigenvalue weighted by Gasteiger charge is -2.42. The van der Waals surface area contributed by atoms with Crippen molar-refractivity contribution in [3.63, 3.8) is 0 Å². The first kappa shape index (κ1) is 27.0. The second-order valence-corrected chi connectivity index (χ2v) is 11.8. The van der Waals surface area contributed by atoms with Gasteiger partial charge in [-0.1, -0.05) is 89.3 Å². The Kier molecular flexibility index (Phi) is 8.37. The summed E-state index contributed by atoms with van der Waals surface area (Å²) in [6.45, 7) is 16.7. The van der Waals surface area contributed by atoms with E-state index < -0.39 is 17.9 Å². The summed E-state index contributed by atoms with van der Waals surface area (Å²) in [5, 5.41) is 21.0. The molecule has 2 nitrogen and oxygen atoms in total. The van der Waals surface area contributed by atoms with E-state index in [0.717, 1.165) is 31.3 Å². The van der Waals surface area contributed by atoms with E-state index in [1.54, 1.807) is 0 Å². The van der Waals surface area contributed by atoms with Crippen molar-refractivity contribution in [3.05, 3.63) is 47.1 Å². The van der Waals surface area contributed by atoms with Gasteiger partial charge >= 0.3 is 0 Å². The molecule has 0 aromatic rings. The molecular weight excluding hydrogens is 423 g/mol. The summed E-state index contributed by atoms with van der Waals surface area (Å²) in [5.74, 6) is 7.55. The predicted molar refractivity (Wildman–Crippen MR) is 140 cm³/mol. The third-order valence-electron chi connectivity index (χ3n) is 8.82. The fourth-order valence-electron chi connectivity index (χ4n) is 6.46. The van der Waals surface area contributed by atoms with Crippen molar-refractivity contribution in [3.8, 4) is 11.8 Å². The Bertz CT molecular complexity index is 917. The van der Waals surface area contributed by atoms with Crippen LogP contribution in [0.3, 0.4) is 0 Å². The molecule has 0 bridgehead atoms. The Labute approximate surface area is 207 Å². The molecule has 3 aliphatic rings. The van der Waals surface area contributed by atoms with Crippen molar-refractivity contribution in [1.29, 1.82) is 0 Å². The summed E-state index contributed by atoms with van der Waals surface area (Å²) in [7, 11) is 0. The second kappa shape index (κ2) is 10.5. The maximum Gasteiger partial charge on any atom is 0.130 e. The van der Waals surface area contributed by atoms with Gasteiger partial charge in [0.05, 0.1) is 6.10 Å². The molecule has 0 spiro atoms. The number of rotatable bonds is 5. The van der Waals surface area contributed by atoms with E-state index >= 15 is 0 Å². The van der Waals surface area contributed by atoms with Crippen molar-refractivity contribution >= 4 is 0 Å². The third kappa shape index (κ3) is 5.29. The minimum absolute atomic E-state index is 0.0945. The smallest absolute Gasteiger partial charge is 0.130 e. The zero-order valence-electron chi connectivity index (χ0n) is 22.1. The van der Waals surface area contributed by atoms with Crippen molar-refractivity contribution in [2.24, 2.45) is 29.1 Å². The highest BCUT2D eigenvalue weighted by molar-refractivity contribution is 5.40. The van der Waals surface area contributed by atoms with Gasteiger partial charge in [0.1, 0.15) is 11.8 Å². The highest BCUT2D eigenvalue weighted by atomic mass is 19.1. The summed E-state index contributed by atoms with van der Waals surface area (Å²) < 4.78 is 14.2. The normalized spacial score (nSPS) is 33.2. The first-order chi connectivity index (χ1) is 15.9. The van der Waals surface area contributed by atoms with E-state index in [1.807, 2.05) is 33.8 Å². The third-order valence-corrected chi connectivity index (χ3v) is 8.82. The van der Waals surface area contributed by atoms with E-state index in [0.29, 0.717) is 23.8 Å². The topological polar surface area (TPSA) is 40.5 Å². The van der Waals surface area contributed by atoms with Crippen LogP contribution in [0, 0.1) is 40.9 Å². The van der Waals surface area contributed by atoms with Gasteiger partial charge in [0.25, 0.3) is 0 Å². The van der Waals surface area contributed by atoms with Crippen LogP contribution in [0.2, 0.25) is 0 Å². The molecule has 5 atom stereocenters. The number of hydrogen-bond donors (Lipinski definition) is 2. The van der Waals surface area contributed by atoms with Gasteiger partial charge in [-0.05, 0) is 72.3 Å². The second-order valence-electron chi connectivity index (χ2n) is 11.8. The number of fused-ring (bicyclic) bond motifs is 1. The average Bonchev–Trinajstić information content (AvgIpc) is 3.12. The van der Waals surface area contributed by atoms with Crippen molar-refractivity contribution < 1.29 is 14.6 Å². The Morgan fingerprint density at radius 2 is 1.91 bits per heavy atom. The van der Waals surface area contributed by atoms with Gasteiger partial charge < -0.3 is 10.2 Å². The lowest BCUT2D eigenvalue weighted by molar-refractivity contribution is 0.00920. The lowest BCUT2D eigenvalue weighted by atomic mass is 9.62. The van der Waals surface area contributed by atoms with E-state index in [-0.39, 0.29) is 23.7 Å². The Balaban J connectivity index is 1.75. The van der Waals surface area contributed by atoms with Gasteiger partial charge in [-0.15, -0.1) is 0 Å². The molecule has 0 aromatic heterocycles. The Morgan fingerprint density at radius 3 is 2.56 bits per heavy atom. The Hall–Kier alpha value is -1.63. The standard InChI is InChI=1S/C31H45FO2/c1-20(2)31(34,21(3)4)17-8-10-22(5)27-14-15-28-24(11-9-16-30(27,28)7)12-13-25-18-26(33)19-29(32)23(25)6/h12-14,20-22,26,28-29,33-34H,6,9-11,15-16,18-19H2,1-5,7H3/b24-12+,25-13-/t22-,26+,28?,29-,30+/m0/s1. The SMILES string of the molecule is C=C1/C(=C\C=C2/CCC[C@]3(C)C([C@@H](C)CC#CC(O)(C(C)C)C(C)C)=CCC23)C[C@@H](O)C[C@@H]1F. The highest BCUT2D eigenvalue weighted by Gasteiger charge is 2.46. The molecule has 2 saturated carbocycles. The van der Waals surface area contributed by atoms with Gasteiger partial charge in [-0.25, -0.2) is 4.39 Å². The summed E-state index contributed by atoms with van der Waals surface area (Å²) in [5.41, 5.74) is 3.50. The van der Waals surface area contributed by atoms with Crippen LogP contribution >= 0.6 is 0 Å². The van der Waals surface area contributed by atoms with E-state index in [2.05, 4.69) is 44.4 Å². The summed E-state index contributed by atoms with van der Waals surface area (Å²) in [4.78, 5) is 0. The molecule has 0 amide bonds. The molecule has 2 fully saturated rings. The predicted octanol–water partition coefficient (Wildman–Crippen LogP) is 7.10. The van der Waals surface area contributed by atoms with Crippen LogP contribution in [0.1, 0.15) is 86.5 Å². The van der Waals surface area contributed by atoms with E-state index in [1.165, 1.54) is 17.6 Å². The highest BCUT2D eigenvalue weighted by Crippen LogP contribution is 2.56. The van der Waals surface area contributed by atoms with E-state index in [4.69, 9.17) is 0 Å². The summed E-state index contributed by atoms with van der Waals surface area (Å²) in [6.07, 6.45) is 10.7. The summed E-state index contributed by atoms with van der Waals surface area (Å²) >= 11 is 0. The van der Waals surface area contributed by atoms with Crippen molar-refractivity contribution in [2.75, 3.05) is 0 Å². The zero-order chi connectivity index (χ0) is 25.3. The van der Waals surface area contributed by atoms with Crippen LogP contribution < -0.4 is 0 Å². The molecule has 2 N–H and O–H groups in total. The van der Waals surface area contributed by atoms with Crippen LogP contribution in [-0.4, -0.2) is 28.1 Å². The molecule has 0 heterocycles. The molecule has 0 radical (unpaired) electrons. The van der Waals surface area contributed by atoms with Crippen molar-refractivity contribution in [2.45, 2.75) is 104 Å². The van der Waals surface area contributed by atoms with Crippen LogP contribution in [-0.2, 0) is 0 Å². The molecule has 34 heavy (non-hydrogen) atoms. The molecule has 3 heteroatoms. The molecule has 3 aliphatic carbocycles. The number of aliphatic hydroxyl groups excluding tert-OH is 1. The molecule has 0 saturated heterocycles. The minimum atomic E-state index is -1.14. The number of aliphatic hydroxyl groups is 2. The summed E-state index contributed by atoms with van der Waals surface area (Å²) in [6, 6.07) is 0. The van der Waals surface area contributed by atoms with Crippen LogP contribution in [0.4, 0.5) is 4.39 Å². The fraction of sp³-hybridized carbons (Fsp3) is 0.677. The first-order valence-corrected chi connectivity index (χ1v) is 13.2. The largest absolute Gasteiger partial charge is 0.393 e.